The summed E-state index contributed by atoms with van der Waals surface area (Å²) in [5.41, 5.74) is 6.83. The summed E-state index contributed by atoms with van der Waals surface area (Å²) in [6.07, 6.45) is 0. The Morgan fingerprint density at radius 2 is 1.06 bits per heavy atom. The first-order valence-corrected chi connectivity index (χ1v) is 11.4. The molecule has 3 heteroatoms. The maximum absolute atomic E-state index is 6.19. The third-order valence-electron chi connectivity index (χ3n) is 6.03. The lowest BCUT2D eigenvalue weighted by Crippen LogP contribution is -2.09. The van der Waals surface area contributed by atoms with E-state index in [1.54, 1.807) is 0 Å². The topological polar surface area (TPSA) is 8.17 Å². The Kier molecular flexibility index (Phi) is 4.86. The molecule has 0 fully saturated rings. The molecule has 33 heavy (non-hydrogen) atoms. The molecule has 0 bridgehead atoms. The minimum atomic E-state index is 0.730. The van der Waals surface area contributed by atoms with E-state index in [2.05, 4.69) is 119 Å². The highest BCUT2D eigenvalue weighted by molar-refractivity contribution is 6.30. The first kappa shape index (κ1) is 19.7. The van der Waals surface area contributed by atoms with Gasteiger partial charge in [0.15, 0.2) is 0 Å². The van der Waals surface area contributed by atoms with Crippen molar-refractivity contribution in [3.05, 3.63) is 132 Å². The molecule has 0 radical (unpaired) electrons. The molecule has 2 nitrogen and oxygen atoms in total. The maximum atomic E-state index is 6.19. The van der Waals surface area contributed by atoms with E-state index in [-0.39, 0.29) is 0 Å². The second-order valence-corrected chi connectivity index (χ2v) is 8.47. The van der Waals surface area contributed by atoms with Gasteiger partial charge in [-0.3, -0.25) is 0 Å². The molecule has 0 N–H and O–H groups in total. The fourth-order valence-corrected chi connectivity index (χ4v) is 4.70. The van der Waals surface area contributed by atoms with E-state index >= 15 is 0 Å². The lowest BCUT2D eigenvalue weighted by Gasteiger charge is -2.25. The lowest BCUT2D eigenvalue weighted by atomic mass is 10.1. The summed E-state index contributed by atoms with van der Waals surface area (Å²) in [6.45, 7) is 0. The minimum absolute atomic E-state index is 0.730. The Hall–Kier alpha value is -4.01. The molecule has 0 amide bonds. The van der Waals surface area contributed by atoms with E-state index in [4.69, 9.17) is 11.6 Å². The molecule has 0 aliphatic rings. The number of nitrogens with zero attached hydrogens (tertiary/aromatic N) is 2. The summed E-state index contributed by atoms with van der Waals surface area (Å²) < 4.78 is 2.34. The van der Waals surface area contributed by atoms with Crippen molar-refractivity contribution in [1.82, 2.24) is 4.57 Å². The quantitative estimate of drug-likeness (QED) is 0.263. The van der Waals surface area contributed by atoms with Gasteiger partial charge in [-0.2, -0.15) is 0 Å². The monoisotopic (exact) mass is 444 g/mol. The number of hydrogen-bond donors (Lipinski definition) is 0. The van der Waals surface area contributed by atoms with Crippen LogP contribution in [0.5, 0.6) is 0 Å². The second kappa shape index (κ2) is 8.16. The van der Waals surface area contributed by atoms with Crippen LogP contribution in [0.15, 0.2) is 127 Å². The van der Waals surface area contributed by atoms with Gasteiger partial charge in [-0.05, 0) is 72.8 Å². The molecule has 5 aromatic carbocycles. The predicted molar refractivity (Wildman–Crippen MR) is 140 cm³/mol. The molecule has 0 unspecified atom stereocenters. The molecule has 1 aromatic heterocycles. The summed E-state index contributed by atoms with van der Waals surface area (Å²) in [5.74, 6) is 0. The smallest absolute Gasteiger partial charge is 0.0542 e. The maximum Gasteiger partial charge on any atom is 0.0542 e. The van der Waals surface area contributed by atoms with Crippen LogP contribution in [-0.2, 0) is 0 Å². The number of benzene rings is 5. The molecule has 0 atom stereocenters. The summed E-state index contributed by atoms with van der Waals surface area (Å²) in [5, 5.41) is 3.19. The van der Waals surface area contributed by atoms with Gasteiger partial charge < -0.3 is 9.47 Å². The minimum Gasteiger partial charge on any atom is -0.310 e. The van der Waals surface area contributed by atoms with Gasteiger partial charge in [-0.1, -0.05) is 66.2 Å². The van der Waals surface area contributed by atoms with E-state index < -0.39 is 0 Å². The van der Waals surface area contributed by atoms with Gasteiger partial charge in [0.2, 0.25) is 0 Å². The molecule has 0 aliphatic heterocycles. The van der Waals surface area contributed by atoms with Crippen LogP contribution in [0.3, 0.4) is 0 Å². The van der Waals surface area contributed by atoms with Crippen molar-refractivity contribution in [1.29, 1.82) is 0 Å². The van der Waals surface area contributed by atoms with Gasteiger partial charge in [-0.25, -0.2) is 0 Å². The molecule has 158 valence electrons. The summed E-state index contributed by atoms with van der Waals surface area (Å²) >= 11 is 6.19. The van der Waals surface area contributed by atoms with Gasteiger partial charge in [0.05, 0.1) is 11.0 Å². The SMILES string of the molecule is Clc1ccc(N(c2ccccc2)c2ccc3c(c2)c2ccccc2n3-c2ccccc2)cc1. The predicted octanol–water partition coefficient (Wildman–Crippen LogP) is 8.91. The zero-order valence-corrected chi connectivity index (χ0v) is 18.7. The van der Waals surface area contributed by atoms with Crippen molar-refractivity contribution < 1.29 is 0 Å². The molecule has 6 aromatic rings. The summed E-state index contributed by atoms with van der Waals surface area (Å²) in [7, 11) is 0. The lowest BCUT2D eigenvalue weighted by molar-refractivity contribution is 1.18. The van der Waals surface area contributed by atoms with Gasteiger partial charge in [0, 0.05) is 38.5 Å². The molecule has 0 aliphatic carbocycles. The van der Waals surface area contributed by atoms with Crippen molar-refractivity contribution in [3.8, 4) is 5.69 Å². The molecule has 0 saturated heterocycles. The number of para-hydroxylation sites is 3. The number of fused-ring (bicyclic) bond motifs is 3. The fraction of sp³-hybridized carbons (Fsp3) is 0. The average Bonchev–Trinajstić information content (AvgIpc) is 3.20. The standard InChI is InChI=1S/C30H21ClN2/c31-22-15-17-25(18-16-22)32(23-9-3-1-4-10-23)26-19-20-30-28(21-26)27-13-7-8-14-29(27)33(30)24-11-5-2-6-12-24/h1-21H. The zero-order valence-electron chi connectivity index (χ0n) is 17.9. The fourth-order valence-electron chi connectivity index (χ4n) is 4.57. The Morgan fingerprint density at radius 1 is 0.485 bits per heavy atom. The summed E-state index contributed by atoms with van der Waals surface area (Å²) in [6, 6.07) is 44.3. The van der Waals surface area contributed by atoms with Crippen LogP contribution in [0.1, 0.15) is 0 Å². The van der Waals surface area contributed by atoms with Crippen molar-refractivity contribution in [3.63, 3.8) is 0 Å². The van der Waals surface area contributed by atoms with E-state index in [0.29, 0.717) is 0 Å². The second-order valence-electron chi connectivity index (χ2n) is 8.04. The summed E-state index contributed by atoms with van der Waals surface area (Å²) in [4.78, 5) is 2.27. The van der Waals surface area contributed by atoms with Crippen LogP contribution in [-0.4, -0.2) is 4.57 Å². The van der Waals surface area contributed by atoms with E-state index in [9.17, 15) is 0 Å². The van der Waals surface area contributed by atoms with E-state index in [0.717, 1.165) is 27.8 Å². The van der Waals surface area contributed by atoms with Crippen LogP contribution in [0.2, 0.25) is 5.02 Å². The van der Waals surface area contributed by atoms with E-state index in [1.807, 2.05) is 18.2 Å². The van der Waals surface area contributed by atoms with Gasteiger partial charge in [0.25, 0.3) is 0 Å². The first-order valence-electron chi connectivity index (χ1n) is 11.0. The highest BCUT2D eigenvalue weighted by Gasteiger charge is 2.16. The van der Waals surface area contributed by atoms with E-state index in [1.165, 1.54) is 21.8 Å². The number of aromatic nitrogens is 1. The Labute approximate surface area is 197 Å². The van der Waals surface area contributed by atoms with Crippen LogP contribution >= 0.6 is 11.6 Å². The highest BCUT2D eigenvalue weighted by Crippen LogP contribution is 2.39. The largest absolute Gasteiger partial charge is 0.310 e. The number of halogens is 1. The van der Waals surface area contributed by atoms with Crippen LogP contribution in [0.4, 0.5) is 17.1 Å². The van der Waals surface area contributed by atoms with Gasteiger partial charge >= 0.3 is 0 Å². The third kappa shape index (κ3) is 3.45. The van der Waals surface area contributed by atoms with Gasteiger partial charge in [0.1, 0.15) is 0 Å². The molecular formula is C30H21ClN2. The van der Waals surface area contributed by atoms with Crippen molar-refractivity contribution in [2.24, 2.45) is 0 Å². The van der Waals surface area contributed by atoms with Crippen LogP contribution in [0.25, 0.3) is 27.5 Å². The Morgan fingerprint density at radius 3 is 1.82 bits per heavy atom. The van der Waals surface area contributed by atoms with Gasteiger partial charge in [-0.15, -0.1) is 0 Å². The van der Waals surface area contributed by atoms with Crippen molar-refractivity contribution >= 4 is 50.5 Å². The van der Waals surface area contributed by atoms with Crippen molar-refractivity contribution in [2.45, 2.75) is 0 Å². The van der Waals surface area contributed by atoms with Crippen LogP contribution in [0, 0.1) is 0 Å². The highest BCUT2D eigenvalue weighted by atomic mass is 35.5. The molecular weight excluding hydrogens is 424 g/mol. The molecule has 0 saturated carbocycles. The third-order valence-corrected chi connectivity index (χ3v) is 6.28. The number of rotatable bonds is 4. The Bertz CT molecular complexity index is 1550. The molecule has 0 spiro atoms. The Balaban J connectivity index is 1.61. The first-order chi connectivity index (χ1) is 16.3. The van der Waals surface area contributed by atoms with Crippen LogP contribution < -0.4 is 4.90 Å². The zero-order chi connectivity index (χ0) is 22.2. The normalized spacial score (nSPS) is 11.2. The molecule has 1 heterocycles. The molecule has 6 rings (SSSR count). The number of anilines is 3. The average molecular weight is 445 g/mol. The van der Waals surface area contributed by atoms with Crippen molar-refractivity contribution in [2.75, 3.05) is 4.90 Å². The number of hydrogen-bond acceptors (Lipinski definition) is 1.